The second-order valence-corrected chi connectivity index (χ2v) is 9.21. The SMILES string of the molecule is CC(C=CC=C(C)C(O)C(C)C(=O)OC1CC(C)C(O)c2ccc(C)c(C)c21)=CC=CC(=O)O. The molecule has 0 spiro atoms. The standard InChI is InChI=1S/C28H36O6/c1-16(10-8-12-24(29)30)9-7-11-18(3)26(31)21(6)28(33)34-23-15-19(4)27(32)22-14-13-17(2)20(5)25(22)23/h7-14,19,21,23,26-27,31-32H,15H2,1-6H3,(H,29,30). The molecule has 0 aromatic heterocycles. The number of aryl methyl sites for hydroxylation is 1. The first-order valence-corrected chi connectivity index (χ1v) is 11.5. The largest absolute Gasteiger partial charge is 0.478 e. The van der Waals surface area contributed by atoms with Crippen molar-refractivity contribution in [2.75, 3.05) is 0 Å². The summed E-state index contributed by atoms with van der Waals surface area (Å²) in [6.45, 7) is 11.1. The Morgan fingerprint density at radius 3 is 2.41 bits per heavy atom. The molecule has 0 heterocycles. The first kappa shape index (κ1) is 27.3. The highest BCUT2D eigenvalue weighted by Crippen LogP contribution is 2.44. The monoisotopic (exact) mass is 468 g/mol. The summed E-state index contributed by atoms with van der Waals surface area (Å²) in [4.78, 5) is 23.5. The molecular formula is C28H36O6. The van der Waals surface area contributed by atoms with E-state index in [0.717, 1.165) is 33.9 Å². The maximum Gasteiger partial charge on any atom is 0.328 e. The number of rotatable bonds is 8. The molecule has 6 heteroatoms. The molecule has 1 aromatic carbocycles. The van der Waals surface area contributed by atoms with Gasteiger partial charge in [0.1, 0.15) is 6.10 Å². The molecule has 2 rings (SSSR count). The third-order valence-corrected chi connectivity index (χ3v) is 6.47. The number of ether oxygens (including phenoxy) is 1. The van der Waals surface area contributed by atoms with E-state index in [1.54, 1.807) is 38.2 Å². The van der Waals surface area contributed by atoms with Gasteiger partial charge >= 0.3 is 11.9 Å². The Morgan fingerprint density at radius 1 is 1.12 bits per heavy atom. The predicted octanol–water partition coefficient (Wildman–Crippen LogP) is 5.05. The summed E-state index contributed by atoms with van der Waals surface area (Å²) < 4.78 is 5.89. The number of aliphatic hydroxyl groups excluding tert-OH is 2. The summed E-state index contributed by atoms with van der Waals surface area (Å²) in [5.74, 6) is -2.32. The molecule has 1 aliphatic carbocycles. The number of hydrogen-bond donors (Lipinski definition) is 3. The Hall–Kier alpha value is -2.96. The van der Waals surface area contributed by atoms with Crippen molar-refractivity contribution in [3.63, 3.8) is 0 Å². The van der Waals surface area contributed by atoms with E-state index in [-0.39, 0.29) is 5.92 Å². The molecular weight excluding hydrogens is 432 g/mol. The van der Waals surface area contributed by atoms with Crippen molar-refractivity contribution in [2.24, 2.45) is 11.8 Å². The molecule has 0 aliphatic heterocycles. The van der Waals surface area contributed by atoms with E-state index in [0.29, 0.717) is 12.0 Å². The molecule has 0 fully saturated rings. The summed E-state index contributed by atoms with van der Waals surface area (Å²) in [7, 11) is 0. The number of benzene rings is 1. The van der Waals surface area contributed by atoms with E-state index in [2.05, 4.69) is 0 Å². The van der Waals surface area contributed by atoms with Crippen molar-refractivity contribution in [2.45, 2.75) is 66.3 Å². The van der Waals surface area contributed by atoms with Crippen LogP contribution >= 0.6 is 0 Å². The smallest absolute Gasteiger partial charge is 0.328 e. The second kappa shape index (κ2) is 12.0. The van der Waals surface area contributed by atoms with Gasteiger partial charge in [0.05, 0.1) is 18.1 Å². The van der Waals surface area contributed by atoms with Gasteiger partial charge in [-0.15, -0.1) is 0 Å². The third-order valence-electron chi connectivity index (χ3n) is 6.47. The van der Waals surface area contributed by atoms with Crippen LogP contribution in [0.4, 0.5) is 0 Å². The molecule has 1 aliphatic rings. The topological polar surface area (TPSA) is 104 Å². The molecule has 184 valence electrons. The lowest BCUT2D eigenvalue weighted by molar-refractivity contribution is -0.159. The van der Waals surface area contributed by atoms with Crippen molar-refractivity contribution >= 4 is 11.9 Å². The zero-order valence-electron chi connectivity index (χ0n) is 20.8. The van der Waals surface area contributed by atoms with Gasteiger partial charge < -0.3 is 20.1 Å². The molecule has 0 saturated heterocycles. The third kappa shape index (κ3) is 6.78. The lowest BCUT2D eigenvalue weighted by Crippen LogP contribution is -2.32. The Labute approximate surface area is 202 Å². The number of carboxylic acid groups (broad SMARTS) is 1. The van der Waals surface area contributed by atoms with Gasteiger partial charge in [-0.3, -0.25) is 4.79 Å². The van der Waals surface area contributed by atoms with Gasteiger partial charge in [0.15, 0.2) is 0 Å². The highest BCUT2D eigenvalue weighted by atomic mass is 16.5. The number of aliphatic carboxylic acids is 1. The quantitative estimate of drug-likeness (QED) is 0.280. The van der Waals surface area contributed by atoms with E-state index < -0.39 is 36.2 Å². The van der Waals surface area contributed by atoms with Crippen LogP contribution in [-0.2, 0) is 14.3 Å². The van der Waals surface area contributed by atoms with E-state index >= 15 is 0 Å². The van der Waals surface area contributed by atoms with Gasteiger partial charge in [-0.25, -0.2) is 4.79 Å². The summed E-state index contributed by atoms with van der Waals surface area (Å²) in [6, 6.07) is 3.88. The fourth-order valence-electron chi connectivity index (χ4n) is 4.10. The lowest BCUT2D eigenvalue weighted by Gasteiger charge is -2.35. The lowest BCUT2D eigenvalue weighted by atomic mass is 9.78. The van der Waals surface area contributed by atoms with Crippen LogP contribution in [-0.4, -0.2) is 33.4 Å². The second-order valence-electron chi connectivity index (χ2n) is 9.21. The first-order chi connectivity index (χ1) is 15.9. The van der Waals surface area contributed by atoms with E-state index in [1.165, 1.54) is 6.08 Å². The molecule has 34 heavy (non-hydrogen) atoms. The summed E-state index contributed by atoms with van der Waals surface area (Å²) in [6.07, 6.45) is 7.83. The molecule has 5 atom stereocenters. The minimum absolute atomic E-state index is 0.0546. The maximum atomic E-state index is 13.0. The summed E-state index contributed by atoms with van der Waals surface area (Å²) in [5.41, 5.74) is 5.20. The van der Waals surface area contributed by atoms with Crippen molar-refractivity contribution in [1.82, 2.24) is 0 Å². The highest BCUT2D eigenvalue weighted by Gasteiger charge is 2.36. The van der Waals surface area contributed by atoms with Crippen molar-refractivity contribution in [3.8, 4) is 0 Å². The van der Waals surface area contributed by atoms with Gasteiger partial charge in [-0.1, -0.05) is 55.0 Å². The van der Waals surface area contributed by atoms with Gasteiger partial charge in [0, 0.05) is 11.6 Å². The Kier molecular flexibility index (Phi) is 9.59. The Balaban J connectivity index is 2.11. The number of carbonyl (C=O) groups is 2. The number of fused-ring (bicyclic) bond motifs is 1. The molecule has 3 N–H and O–H groups in total. The fourth-order valence-corrected chi connectivity index (χ4v) is 4.10. The average molecular weight is 469 g/mol. The minimum Gasteiger partial charge on any atom is -0.478 e. The molecule has 1 aromatic rings. The molecule has 0 bridgehead atoms. The van der Waals surface area contributed by atoms with Crippen molar-refractivity contribution in [3.05, 3.63) is 82.0 Å². The van der Waals surface area contributed by atoms with E-state index in [9.17, 15) is 19.8 Å². The van der Waals surface area contributed by atoms with Crippen LogP contribution in [0.2, 0.25) is 0 Å². The predicted molar refractivity (Wildman–Crippen MR) is 132 cm³/mol. The first-order valence-electron chi connectivity index (χ1n) is 11.5. The van der Waals surface area contributed by atoms with E-state index in [4.69, 9.17) is 9.84 Å². The van der Waals surface area contributed by atoms with Gasteiger partial charge in [0.25, 0.3) is 0 Å². The molecule has 0 saturated carbocycles. The Morgan fingerprint density at radius 2 is 1.76 bits per heavy atom. The zero-order valence-corrected chi connectivity index (χ0v) is 20.8. The van der Waals surface area contributed by atoms with Crippen LogP contribution in [0.1, 0.15) is 68.6 Å². The van der Waals surface area contributed by atoms with Gasteiger partial charge in [-0.2, -0.15) is 0 Å². The number of carbonyl (C=O) groups excluding carboxylic acids is 1. The van der Waals surface area contributed by atoms with Crippen LogP contribution in [0.3, 0.4) is 0 Å². The number of carboxylic acids is 1. The van der Waals surface area contributed by atoms with Gasteiger partial charge in [-0.05, 0) is 69.2 Å². The van der Waals surface area contributed by atoms with Crippen LogP contribution in [0, 0.1) is 25.7 Å². The molecule has 6 nitrogen and oxygen atoms in total. The average Bonchev–Trinajstić information content (AvgIpc) is 2.77. The van der Waals surface area contributed by atoms with Crippen LogP contribution in [0.15, 0.2) is 59.7 Å². The number of aliphatic hydroxyl groups is 2. The van der Waals surface area contributed by atoms with E-state index in [1.807, 2.05) is 39.8 Å². The molecule has 5 unspecified atom stereocenters. The zero-order chi connectivity index (χ0) is 25.6. The van der Waals surface area contributed by atoms with Gasteiger partial charge in [0.2, 0.25) is 0 Å². The summed E-state index contributed by atoms with van der Waals surface area (Å²) in [5, 5.41) is 30.0. The van der Waals surface area contributed by atoms with Crippen molar-refractivity contribution < 1.29 is 29.6 Å². The minimum atomic E-state index is -1.02. The maximum absolute atomic E-state index is 13.0. The Bertz CT molecular complexity index is 1030. The fraction of sp³-hybridized carbons (Fsp3) is 0.429. The van der Waals surface area contributed by atoms with Crippen LogP contribution in [0.5, 0.6) is 0 Å². The number of allylic oxidation sites excluding steroid dienone is 6. The number of hydrogen-bond acceptors (Lipinski definition) is 5. The van der Waals surface area contributed by atoms with Crippen molar-refractivity contribution in [1.29, 1.82) is 0 Å². The summed E-state index contributed by atoms with van der Waals surface area (Å²) >= 11 is 0. The van der Waals surface area contributed by atoms with Crippen LogP contribution in [0.25, 0.3) is 0 Å². The van der Waals surface area contributed by atoms with Crippen LogP contribution < -0.4 is 0 Å². The highest BCUT2D eigenvalue weighted by molar-refractivity contribution is 5.80. The molecule has 0 amide bonds. The molecule has 0 radical (unpaired) electrons. The normalized spacial score (nSPS) is 23.1. The number of esters is 1.